The lowest BCUT2D eigenvalue weighted by Crippen LogP contribution is -2.46. The number of allylic oxidation sites excluding steroid dienone is 2. The molecule has 3 N–H and O–H groups in total. The molecular weight excluding hydrogens is 829 g/mol. The number of cyclic esters (lactones) is 1. The van der Waals surface area contributed by atoms with Crippen LogP contribution in [0.25, 0.3) is 39.3 Å². The molecule has 66 heavy (non-hydrogen) atoms. The van der Waals surface area contributed by atoms with Gasteiger partial charge in [-0.15, -0.1) is 0 Å². The van der Waals surface area contributed by atoms with E-state index in [0.29, 0.717) is 22.9 Å². The van der Waals surface area contributed by atoms with Crippen LogP contribution in [-0.4, -0.2) is 56.7 Å². The molecule has 3 aromatic rings. The fourth-order valence-electron chi connectivity index (χ4n) is 10.1. The minimum absolute atomic E-state index is 0.0421. The summed E-state index contributed by atoms with van der Waals surface area (Å²) in [4.78, 5) is 58.2. The molecule has 3 aliphatic heterocycles. The zero-order valence-electron chi connectivity index (χ0n) is 41.5. The van der Waals surface area contributed by atoms with Gasteiger partial charge in [0.25, 0.3) is 0 Å². The highest BCUT2D eigenvalue weighted by molar-refractivity contribution is 6.27. The number of hydrogen-bond acceptors (Lipinski definition) is 9. The van der Waals surface area contributed by atoms with E-state index >= 15 is 0 Å². The third kappa shape index (κ3) is 10.8. The first-order chi connectivity index (χ1) is 31.4. The number of hydrogen-bond donors (Lipinski definition) is 3. The molecule has 6 rings (SSSR count). The van der Waals surface area contributed by atoms with E-state index in [1.165, 1.54) is 50.5 Å². The van der Waals surface area contributed by atoms with Crippen LogP contribution in [0.2, 0.25) is 0 Å². The van der Waals surface area contributed by atoms with Crippen molar-refractivity contribution < 1.29 is 33.7 Å². The summed E-state index contributed by atoms with van der Waals surface area (Å²) in [6.07, 6.45) is 16.0. The van der Waals surface area contributed by atoms with Gasteiger partial charge in [0, 0.05) is 51.6 Å². The Morgan fingerprint density at radius 1 is 0.909 bits per heavy atom. The molecule has 0 aliphatic carbocycles. The Kier molecular flexibility index (Phi) is 16.4. The van der Waals surface area contributed by atoms with Gasteiger partial charge in [-0.3, -0.25) is 9.78 Å². The Morgan fingerprint density at radius 2 is 1.56 bits per heavy atom. The molecule has 0 radical (unpaired) electrons. The number of aromatic amines is 2. The number of rotatable bonds is 20. The number of esters is 3. The molecular formula is C55H74N4O7. The van der Waals surface area contributed by atoms with E-state index in [-0.39, 0.29) is 53.9 Å². The van der Waals surface area contributed by atoms with Crippen molar-refractivity contribution in [1.82, 2.24) is 19.9 Å². The van der Waals surface area contributed by atoms with Gasteiger partial charge in [0.05, 0.1) is 35.3 Å². The lowest BCUT2D eigenvalue weighted by atomic mass is 9.82. The van der Waals surface area contributed by atoms with Crippen LogP contribution in [0.1, 0.15) is 188 Å². The maximum absolute atomic E-state index is 13.8. The summed E-state index contributed by atoms with van der Waals surface area (Å²) in [6, 6.07) is 5.93. The summed E-state index contributed by atoms with van der Waals surface area (Å²) in [5.41, 5.74) is 10.7. The van der Waals surface area contributed by atoms with Crippen LogP contribution in [0.3, 0.4) is 0 Å². The zero-order valence-corrected chi connectivity index (χ0v) is 41.5. The summed E-state index contributed by atoms with van der Waals surface area (Å²) in [6.45, 7) is 25.7. The number of nitrogens with zero attached hydrogens (tertiary/aromatic N) is 2. The molecule has 3 aliphatic rings. The maximum atomic E-state index is 13.8. The Hall–Kier alpha value is -5.29. The number of ether oxygens (including phenoxy) is 3. The van der Waals surface area contributed by atoms with Crippen molar-refractivity contribution in [1.29, 1.82) is 0 Å². The smallest absolute Gasteiger partial charge is 0.384 e. The number of aliphatic hydroxyl groups is 1. The predicted octanol–water partition coefficient (Wildman–Crippen LogP) is 12.5. The third-order valence-electron chi connectivity index (χ3n) is 14.4. The normalized spacial score (nSPS) is 19.2. The van der Waals surface area contributed by atoms with E-state index in [9.17, 15) is 19.5 Å². The van der Waals surface area contributed by atoms with Gasteiger partial charge in [0.15, 0.2) is 0 Å². The van der Waals surface area contributed by atoms with Gasteiger partial charge in [-0.1, -0.05) is 105 Å². The largest absolute Gasteiger partial charge is 0.464 e. The second-order valence-corrected chi connectivity index (χ2v) is 19.7. The van der Waals surface area contributed by atoms with Crippen molar-refractivity contribution in [2.24, 2.45) is 17.8 Å². The average molecular weight is 903 g/mol. The number of nitrogens with one attached hydrogen (secondary N) is 2. The van der Waals surface area contributed by atoms with Crippen LogP contribution in [0.4, 0.5) is 0 Å². The third-order valence-corrected chi connectivity index (χ3v) is 14.4. The van der Waals surface area contributed by atoms with Crippen LogP contribution in [0.5, 0.6) is 0 Å². The lowest BCUT2D eigenvalue weighted by molar-refractivity contribution is -0.228. The second-order valence-electron chi connectivity index (χ2n) is 19.7. The first-order valence-electron chi connectivity index (χ1n) is 24.4. The summed E-state index contributed by atoms with van der Waals surface area (Å²) in [5.74, 6) is -3.89. The molecule has 0 saturated carbocycles. The van der Waals surface area contributed by atoms with Crippen LogP contribution in [0, 0.1) is 31.6 Å². The van der Waals surface area contributed by atoms with Crippen LogP contribution in [0.15, 0.2) is 36.4 Å². The molecule has 0 amide bonds. The van der Waals surface area contributed by atoms with Gasteiger partial charge in [-0.25, -0.2) is 14.6 Å². The monoisotopic (exact) mass is 903 g/mol. The lowest BCUT2D eigenvalue weighted by Gasteiger charge is -2.32. The summed E-state index contributed by atoms with van der Waals surface area (Å²) in [7, 11) is 1.12. The molecule has 0 aromatic carbocycles. The van der Waals surface area contributed by atoms with Gasteiger partial charge >= 0.3 is 23.7 Å². The number of H-pyrrole nitrogens is 2. The minimum Gasteiger partial charge on any atom is -0.464 e. The second kappa shape index (κ2) is 21.6. The molecule has 356 valence electrons. The number of carbonyl (C=O) groups excluding carboxylic acids is 3. The number of methoxy groups -OCH3 is 1. The topological polar surface area (TPSA) is 156 Å². The quantitative estimate of drug-likeness (QED) is 0.0570. The maximum Gasteiger partial charge on any atom is 0.384 e. The molecule has 11 nitrogen and oxygen atoms in total. The van der Waals surface area contributed by atoms with E-state index in [4.69, 9.17) is 24.2 Å². The number of aromatic nitrogens is 4. The van der Waals surface area contributed by atoms with Gasteiger partial charge in [-0.2, -0.15) is 0 Å². The van der Waals surface area contributed by atoms with Crippen molar-refractivity contribution in [3.63, 3.8) is 0 Å². The Morgan fingerprint density at radius 3 is 2.21 bits per heavy atom. The SMILES string of the molecule is C=Cc1c(C)c2cc3nc(c4c5nc(cc6[nH]c(cc1[nH]2)c(C)c6CC)C(C)=C5C(=O)OC4(O)C(=O)OC)[C@@H](CCC(=O)OC/C=C(\C)CCC[C@H](C)CCC[C@H](C)CCCC(C)C)[C@@H]3C. The molecule has 0 fully saturated rings. The molecule has 0 spiro atoms. The summed E-state index contributed by atoms with van der Waals surface area (Å²) >= 11 is 0. The van der Waals surface area contributed by atoms with Crippen molar-refractivity contribution in [3.05, 3.63) is 87.0 Å². The fourth-order valence-corrected chi connectivity index (χ4v) is 10.1. The van der Waals surface area contributed by atoms with E-state index in [1.54, 1.807) is 6.92 Å². The first-order valence-corrected chi connectivity index (χ1v) is 24.4. The Bertz CT molecular complexity index is 2560. The van der Waals surface area contributed by atoms with Crippen LogP contribution < -0.4 is 0 Å². The molecule has 1 unspecified atom stereocenters. The number of fused-ring (bicyclic) bond motifs is 8. The van der Waals surface area contributed by atoms with Crippen molar-refractivity contribution in [2.75, 3.05) is 13.7 Å². The Labute approximate surface area is 392 Å². The summed E-state index contributed by atoms with van der Waals surface area (Å²) in [5, 5.41) is 12.3. The molecule has 11 heteroatoms. The molecule has 0 saturated heterocycles. The molecule has 8 bridgehead atoms. The van der Waals surface area contributed by atoms with Crippen LogP contribution >= 0.6 is 0 Å². The minimum atomic E-state index is -2.86. The van der Waals surface area contributed by atoms with E-state index in [1.807, 2.05) is 38.1 Å². The van der Waals surface area contributed by atoms with Gasteiger partial charge in [-0.05, 0) is 118 Å². The number of aryl methyl sites for hydroxylation is 3. The highest BCUT2D eigenvalue weighted by Gasteiger charge is 2.55. The van der Waals surface area contributed by atoms with E-state index in [0.717, 1.165) is 82.5 Å². The zero-order chi connectivity index (χ0) is 48.0. The van der Waals surface area contributed by atoms with Gasteiger partial charge in [0.1, 0.15) is 6.61 Å². The first kappa shape index (κ1) is 50.1. The van der Waals surface area contributed by atoms with Crippen molar-refractivity contribution >= 4 is 57.2 Å². The van der Waals surface area contributed by atoms with Crippen molar-refractivity contribution in [3.8, 4) is 0 Å². The van der Waals surface area contributed by atoms with Crippen LogP contribution in [-0.2, 0) is 40.8 Å². The molecule has 6 heterocycles. The highest BCUT2D eigenvalue weighted by Crippen LogP contribution is 2.49. The Balaban J connectivity index is 1.28. The number of carbonyl (C=O) groups is 3. The standard InChI is InChI=1S/C55H74N4O7/c1-13-39-35(8)42-28-44-37(10)41(24-25-48(60)65-27-26-34(7)23-17-22-33(6)21-16-20-32(5)19-15-18-31(3)4)51(58-44)50-52-49(53(61)66-55(50,63)54(62)64-12)38(11)45(59-52)30-47-40(14-2)36(9)43(57-47)29-46(39)56-42/h13,26,28-33,37,41,56-57,63H,1,14-25,27H2,2-12H3/b34-26+,42-28?,43-29?,44-28?,45-30?,46-29?,47-30?,51-50?/t32-,33-,37+,41+,55?/m1/s1. The summed E-state index contributed by atoms with van der Waals surface area (Å²) < 4.78 is 16.5. The van der Waals surface area contributed by atoms with Gasteiger partial charge in [0.2, 0.25) is 0 Å². The molecule has 5 atom stereocenters. The molecule has 3 aromatic heterocycles. The predicted molar refractivity (Wildman–Crippen MR) is 264 cm³/mol. The fraction of sp³-hybridized carbons (Fsp3) is 0.545. The average Bonchev–Trinajstić information content (AvgIpc) is 3.95. The van der Waals surface area contributed by atoms with E-state index in [2.05, 4.69) is 71.1 Å². The van der Waals surface area contributed by atoms with Crippen molar-refractivity contribution in [2.45, 2.75) is 164 Å². The van der Waals surface area contributed by atoms with Gasteiger partial charge < -0.3 is 29.3 Å². The van der Waals surface area contributed by atoms with E-state index < -0.39 is 23.6 Å². The highest BCUT2D eigenvalue weighted by atomic mass is 16.7.